The van der Waals surface area contributed by atoms with E-state index < -0.39 is 36.1 Å². The van der Waals surface area contributed by atoms with E-state index in [4.69, 9.17) is 5.73 Å². The number of aliphatic carboxylic acids is 1. The van der Waals surface area contributed by atoms with E-state index in [1.165, 1.54) is 0 Å². The van der Waals surface area contributed by atoms with E-state index in [0.717, 1.165) is 0 Å². The summed E-state index contributed by atoms with van der Waals surface area (Å²) < 4.78 is 0. The van der Waals surface area contributed by atoms with Crippen LogP contribution in [0.3, 0.4) is 0 Å². The van der Waals surface area contributed by atoms with E-state index in [9.17, 15) is 24.7 Å². The van der Waals surface area contributed by atoms with E-state index in [0.29, 0.717) is 25.9 Å². The fraction of sp³-hybridized carbons (Fsp3) is 0.867. The van der Waals surface area contributed by atoms with E-state index in [1.807, 2.05) is 13.8 Å². The van der Waals surface area contributed by atoms with E-state index in [1.54, 1.807) is 4.90 Å². The van der Waals surface area contributed by atoms with Crippen molar-refractivity contribution in [2.75, 3.05) is 13.1 Å². The van der Waals surface area contributed by atoms with Crippen LogP contribution in [0.15, 0.2) is 0 Å². The lowest BCUT2D eigenvalue weighted by Gasteiger charge is -2.33. The van der Waals surface area contributed by atoms with Crippen LogP contribution in [0.1, 0.15) is 26.7 Å². The van der Waals surface area contributed by atoms with Gasteiger partial charge in [-0.1, -0.05) is 13.8 Å². The molecule has 1 aliphatic carbocycles. The number of nitrogens with two attached hydrogens (primary N) is 1. The van der Waals surface area contributed by atoms with Gasteiger partial charge < -0.3 is 31.1 Å². The van der Waals surface area contributed by atoms with Crippen molar-refractivity contribution in [2.45, 2.75) is 50.6 Å². The fourth-order valence-electron chi connectivity index (χ4n) is 5.33. The summed E-state index contributed by atoms with van der Waals surface area (Å²) in [4.78, 5) is 26.3. The Morgan fingerprint density at radius 2 is 2.08 bits per heavy atom. The monoisotopic (exact) mass is 339 g/mol. The molecule has 1 unspecified atom stereocenters. The Balaban J connectivity index is 1.89. The van der Waals surface area contributed by atoms with Crippen molar-refractivity contribution in [3.63, 3.8) is 0 Å². The average Bonchev–Trinajstić information content (AvgIpc) is 2.76. The topological polar surface area (TPSA) is 136 Å². The van der Waals surface area contributed by atoms with Gasteiger partial charge in [0.05, 0.1) is 11.6 Å². The number of carbonyl (C=O) groups is 2. The number of likely N-dealkylation sites (tertiary alicyclic amines) is 1. The van der Waals surface area contributed by atoms with Crippen molar-refractivity contribution < 1.29 is 24.7 Å². The molecule has 0 spiro atoms. The first kappa shape index (κ1) is 17.7. The molecule has 9 heteroatoms. The van der Waals surface area contributed by atoms with Gasteiger partial charge in [-0.05, 0) is 31.0 Å². The predicted molar refractivity (Wildman–Crippen MR) is 86.8 cm³/mol. The lowest BCUT2D eigenvalue weighted by atomic mass is 9.80. The number of amides is 1. The van der Waals surface area contributed by atoms with Crippen molar-refractivity contribution in [1.82, 2.24) is 10.2 Å². The second-order valence-corrected chi connectivity index (χ2v) is 7.74. The summed E-state index contributed by atoms with van der Waals surface area (Å²) in [6.45, 7) is 4.72. The van der Waals surface area contributed by atoms with Gasteiger partial charge in [-0.15, -0.1) is 0 Å². The van der Waals surface area contributed by atoms with Crippen LogP contribution in [0, 0.1) is 17.3 Å². The number of nitrogens with zero attached hydrogens (tertiary/aromatic N) is 1. The number of carbonyl (C=O) groups excluding carboxylic acids is 1. The minimum atomic E-state index is -1.42. The smallest absolute Gasteiger partial charge is 0.451 e. The molecule has 0 radical (unpaired) electrons. The molecule has 8 nitrogen and oxygen atoms in total. The number of hydrogen-bond acceptors (Lipinski definition) is 6. The summed E-state index contributed by atoms with van der Waals surface area (Å²) in [7, 11) is -1.42. The van der Waals surface area contributed by atoms with Gasteiger partial charge in [0.15, 0.2) is 0 Å². The molecule has 3 fully saturated rings. The third-order valence-corrected chi connectivity index (χ3v) is 6.47. The van der Waals surface area contributed by atoms with Crippen molar-refractivity contribution in [3.8, 4) is 0 Å². The number of carboxylic acids is 1. The maximum atomic E-state index is 12.8. The third kappa shape index (κ3) is 2.08. The lowest BCUT2D eigenvalue weighted by molar-refractivity contribution is -0.141. The Kier molecular flexibility index (Phi) is 4.19. The molecule has 1 amide bonds. The van der Waals surface area contributed by atoms with Crippen LogP contribution in [0.5, 0.6) is 0 Å². The number of nitrogens with one attached hydrogen (secondary N) is 1. The summed E-state index contributed by atoms with van der Waals surface area (Å²) >= 11 is 0. The Bertz CT molecular complexity index is 559. The zero-order chi connectivity index (χ0) is 17.9. The summed E-state index contributed by atoms with van der Waals surface area (Å²) in [6.07, 6.45) is 1.28. The Labute approximate surface area is 141 Å². The quantitative estimate of drug-likeness (QED) is 0.371. The first-order chi connectivity index (χ1) is 11.2. The Morgan fingerprint density at radius 3 is 2.62 bits per heavy atom. The van der Waals surface area contributed by atoms with Gasteiger partial charge in [0.1, 0.15) is 6.04 Å². The van der Waals surface area contributed by atoms with Crippen molar-refractivity contribution >= 4 is 19.0 Å². The van der Waals surface area contributed by atoms with Crippen LogP contribution in [0.4, 0.5) is 0 Å². The van der Waals surface area contributed by atoms with Crippen LogP contribution in [0.2, 0.25) is 6.32 Å². The average molecular weight is 339 g/mol. The second-order valence-electron chi connectivity index (χ2n) is 7.74. The first-order valence-corrected chi connectivity index (χ1v) is 8.59. The number of hydrogen-bond donors (Lipinski definition) is 5. The zero-order valence-corrected chi connectivity index (χ0v) is 14.1. The van der Waals surface area contributed by atoms with Gasteiger partial charge in [-0.2, -0.15) is 0 Å². The molecule has 5 atom stereocenters. The maximum absolute atomic E-state index is 12.8. The lowest BCUT2D eigenvalue weighted by Crippen LogP contribution is -2.53. The third-order valence-electron chi connectivity index (χ3n) is 6.47. The van der Waals surface area contributed by atoms with Gasteiger partial charge in [0.25, 0.3) is 0 Å². The molecule has 1 saturated carbocycles. The molecule has 24 heavy (non-hydrogen) atoms. The highest BCUT2D eigenvalue weighted by atomic mass is 16.4. The van der Waals surface area contributed by atoms with Crippen LogP contribution < -0.4 is 11.1 Å². The van der Waals surface area contributed by atoms with Gasteiger partial charge in [-0.3, -0.25) is 9.59 Å². The molecule has 3 rings (SSSR count). The largest absolute Gasteiger partial charge is 0.480 e. The molecule has 3 aliphatic rings. The molecule has 2 saturated heterocycles. The molecular weight excluding hydrogens is 313 g/mol. The standard InChI is InChI=1S/C15H26BN3O5/c1-8(2)10(17)12(20)19-6-4-14-9(3-5-16(23)24)15(14,19)7-18-11(14)13(21)22/h8-11,18,23-24H,3-7,17H2,1-2H3,(H,21,22)/t9?,10-,11+,14-,15+/m0/s1. The Hall–Kier alpha value is -1.16. The molecule has 0 aromatic heterocycles. The van der Waals surface area contributed by atoms with Crippen molar-refractivity contribution in [1.29, 1.82) is 0 Å². The summed E-state index contributed by atoms with van der Waals surface area (Å²) in [6, 6.07) is -1.31. The number of rotatable bonds is 6. The van der Waals surface area contributed by atoms with Crippen LogP contribution >= 0.6 is 0 Å². The number of piperidine rings is 2. The van der Waals surface area contributed by atoms with Crippen LogP contribution in [-0.2, 0) is 9.59 Å². The number of carboxylic acid groups (broad SMARTS) is 1. The van der Waals surface area contributed by atoms with Gasteiger partial charge in [0, 0.05) is 18.5 Å². The molecule has 2 aliphatic heterocycles. The zero-order valence-electron chi connectivity index (χ0n) is 14.1. The molecule has 0 bridgehead atoms. The normalized spacial score (nSPS) is 38.0. The highest BCUT2D eigenvalue weighted by molar-refractivity contribution is 6.40. The minimum absolute atomic E-state index is 0.00463. The molecule has 2 heterocycles. The SMILES string of the molecule is CC(C)[C@H](N)C(=O)N1CC[C@@]23C(CCB(O)O)[C@@]12CN[C@@H]3C(=O)O. The van der Waals surface area contributed by atoms with Gasteiger partial charge in [-0.25, -0.2) is 0 Å². The highest BCUT2D eigenvalue weighted by Crippen LogP contribution is 2.76. The molecule has 0 aromatic rings. The maximum Gasteiger partial charge on any atom is 0.451 e. The van der Waals surface area contributed by atoms with Gasteiger partial charge >= 0.3 is 13.1 Å². The summed E-state index contributed by atoms with van der Waals surface area (Å²) in [5.41, 5.74) is 4.99. The highest BCUT2D eigenvalue weighted by Gasteiger charge is 2.87. The summed E-state index contributed by atoms with van der Waals surface area (Å²) in [5.74, 6) is -1.07. The van der Waals surface area contributed by atoms with E-state index in [2.05, 4.69) is 5.32 Å². The fourth-order valence-corrected chi connectivity index (χ4v) is 5.33. The molecule has 6 N–H and O–H groups in total. The Morgan fingerprint density at radius 1 is 1.42 bits per heavy atom. The first-order valence-electron chi connectivity index (χ1n) is 8.59. The van der Waals surface area contributed by atoms with E-state index in [-0.39, 0.29) is 24.1 Å². The molecule has 0 aromatic carbocycles. The molecule has 134 valence electrons. The van der Waals surface area contributed by atoms with E-state index >= 15 is 0 Å². The van der Waals surface area contributed by atoms with Crippen LogP contribution in [-0.4, -0.2) is 69.8 Å². The van der Waals surface area contributed by atoms with Crippen molar-refractivity contribution in [3.05, 3.63) is 0 Å². The second kappa shape index (κ2) is 5.69. The molecular formula is C15H26BN3O5. The minimum Gasteiger partial charge on any atom is -0.480 e. The van der Waals surface area contributed by atoms with Gasteiger partial charge in [0.2, 0.25) is 5.91 Å². The van der Waals surface area contributed by atoms with Crippen LogP contribution in [0.25, 0.3) is 0 Å². The summed E-state index contributed by atoms with van der Waals surface area (Å²) in [5, 5.41) is 31.0. The predicted octanol–water partition coefficient (Wildman–Crippen LogP) is -1.52. The van der Waals surface area contributed by atoms with Crippen molar-refractivity contribution in [2.24, 2.45) is 23.0 Å².